The maximum absolute atomic E-state index is 12.3. The molecule has 342 valence electrons. The van der Waals surface area contributed by atoms with Crippen LogP contribution in [0.15, 0.2) is 0 Å². The number of aliphatic carboxylic acids is 2. The van der Waals surface area contributed by atoms with Gasteiger partial charge in [0, 0.05) is 38.9 Å². The molecule has 18 heteroatoms. The highest BCUT2D eigenvalue weighted by molar-refractivity contribution is 5.84. The molecule has 4 amide bonds. The van der Waals surface area contributed by atoms with E-state index in [0.717, 1.165) is 70.6 Å². The third kappa shape index (κ3) is 38.3. The average molecular weight is 846 g/mol. The van der Waals surface area contributed by atoms with Crippen molar-refractivity contribution in [3.8, 4) is 0 Å². The van der Waals surface area contributed by atoms with Crippen molar-refractivity contribution >= 4 is 41.4 Å². The molecule has 7 N–H and O–H groups in total. The van der Waals surface area contributed by atoms with Crippen molar-refractivity contribution in [2.24, 2.45) is 0 Å². The van der Waals surface area contributed by atoms with Gasteiger partial charge in [-0.1, -0.05) is 64.2 Å². The molecule has 2 unspecified atom stereocenters. The standard InChI is InChI=1S/C41H75N5O13/c1-33(47)34(42-2)17-15-16-22-43-38(50)31-58-29-28-57-26-24-45-39(51)32-59-30-27-56-25-23-44-36(48)21-20-35(41(54)55)46-37(49)18-13-11-9-7-5-3-4-6-8-10-12-14-19-40(52)53/h34-35,42H,3-32H2,1-2H3,(H,43,50)(H,44,48)(H,45,51)(H,46,49)(H,52,53)(H,54,55). The number of Topliss-reactive ketones (excluding diaryl/α,β-unsaturated/α-hetero) is 1. The number of carboxylic acid groups (broad SMARTS) is 2. The Morgan fingerprint density at radius 2 is 0.915 bits per heavy atom. The molecule has 0 aromatic rings. The van der Waals surface area contributed by atoms with E-state index in [1.807, 2.05) is 0 Å². The summed E-state index contributed by atoms with van der Waals surface area (Å²) in [7, 11) is 1.75. The second-order valence-corrected chi connectivity index (χ2v) is 14.5. The van der Waals surface area contributed by atoms with E-state index in [4.69, 9.17) is 24.1 Å². The van der Waals surface area contributed by atoms with Gasteiger partial charge in [0.05, 0.1) is 45.7 Å². The maximum atomic E-state index is 12.3. The minimum atomic E-state index is -1.19. The summed E-state index contributed by atoms with van der Waals surface area (Å²) in [5, 5.41) is 31.7. The molecule has 2 atom stereocenters. The van der Waals surface area contributed by atoms with E-state index in [1.54, 1.807) is 14.0 Å². The molecule has 59 heavy (non-hydrogen) atoms. The van der Waals surface area contributed by atoms with Crippen LogP contribution in [-0.2, 0) is 52.5 Å². The number of carbonyl (C=O) groups is 7. The van der Waals surface area contributed by atoms with Gasteiger partial charge in [0.15, 0.2) is 0 Å². The van der Waals surface area contributed by atoms with Crippen LogP contribution in [0.25, 0.3) is 0 Å². The highest BCUT2D eigenvalue weighted by Crippen LogP contribution is 2.13. The molecule has 18 nitrogen and oxygen atoms in total. The molecule has 0 fully saturated rings. The minimum Gasteiger partial charge on any atom is -0.481 e. The Morgan fingerprint density at radius 1 is 0.458 bits per heavy atom. The summed E-state index contributed by atoms with van der Waals surface area (Å²) >= 11 is 0. The monoisotopic (exact) mass is 846 g/mol. The van der Waals surface area contributed by atoms with Crippen molar-refractivity contribution in [2.45, 2.75) is 141 Å². The number of ether oxygens (including phenoxy) is 4. The van der Waals surface area contributed by atoms with Gasteiger partial charge in [-0.15, -0.1) is 0 Å². The second kappa shape index (κ2) is 39.7. The molecular weight excluding hydrogens is 770 g/mol. The lowest BCUT2D eigenvalue weighted by Crippen LogP contribution is -2.41. The first kappa shape index (κ1) is 55.3. The molecule has 0 spiro atoms. The summed E-state index contributed by atoms with van der Waals surface area (Å²) in [6.45, 7) is 3.65. The number of hydrogen-bond acceptors (Lipinski definition) is 12. The van der Waals surface area contributed by atoms with E-state index in [0.29, 0.717) is 13.0 Å². The van der Waals surface area contributed by atoms with Crippen LogP contribution < -0.4 is 26.6 Å². The van der Waals surface area contributed by atoms with Crippen LogP contribution in [0.3, 0.4) is 0 Å². The predicted molar refractivity (Wildman–Crippen MR) is 221 cm³/mol. The lowest BCUT2D eigenvalue weighted by Gasteiger charge is -2.14. The predicted octanol–water partition coefficient (Wildman–Crippen LogP) is 2.64. The molecule has 0 saturated carbocycles. The van der Waals surface area contributed by atoms with E-state index < -0.39 is 18.0 Å². The number of hydrogen-bond donors (Lipinski definition) is 7. The SMILES string of the molecule is CNC(CCCCNC(=O)COCCOCCNC(=O)COCCOCCNC(=O)CCC(NC(=O)CCCCCCCCCCCCCCC(=O)O)C(=O)O)C(C)=O. The van der Waals surface area contributed by atoms with Crippen LogP contribution in [0.2, 0.25) is 0 Å². The smallest absolute Gasteiger partial charge is 0.326 e. The first-order chi connectivity index (χ1) is 28.5. The molecule has 0 bridgehead atoms. The minimum absolute atomic E-state index is 0.0302. The quantitative estimate of drug-likeness (QED) is 0.0436. The average Bonchev–Trinajstić information content (AvgIpc) is 3.19. The van der Waals surface area contributed by atoms with E-state index in [1.165, 1.54) is 19.3 Å². The Balaban J connectivity index is 3.66. The fourth-order valence-electron chi connectivity index (χ4n) is 5.87. The molecule has 0 radical (unpaired) electrons. The number of unbranched alkanes of at least 4 members (excludes halogenated alkanes) is 12. The van der Waals surface area contributed by atoms with Gasteiger partial charge >= 0.3 is 11.9 Å². The Morgan fingerprint density at radius 3 is 1.39 bits per heavy atom. The third-order valence-electron chi connectivity index (χ3n) is 9.27. The zero-order valence-corrected chi connectivity index (χ0v) is 35.8. The summed E-state index contributed by atoms with van der Waals surface area (Å²) < 4.78 is 21.3. The number of carbonyl (C=O) groups excluding carboxylic acids is 5. The van der Waals surface area contributed by atoms with Crippen molar-refractivity contribution in [1.82, 2.24) is 26.6 Å². The molecule has 0 aliphatic heterocycles. The molecule has 0 aliphatic rings. The molecule has 0 aromatic heterocycles. The lowest BCUT2D eigenvalue weighted by atomic mass is 10.0. The fourth-order valence-corrected chi connectivity index (χ4v) is 5.87. The van der Waals surface area contributed by atoms with Gasteiger partial charge in [0.25, 0.3) is 0 Å². The van der Waals surface area contributed by atoms with Crippen molar-refractivity contribution in [3.63, 3.8) is 0 Å². The number of rotatable bonds is 43. The third-order valence-corrected chi connectivity index (χ3v) is 9.27. The molecule has 0 rings (SSSR count). The first-order valence-electron chi connectivity index (χ1n) is 21.5. The molecule has 0 saturated heterocycles. The van der Waals surface area contributed by atoms with Crippen molar-refractivity contribution in [3.05, 3.63) is 0 Å². The Labute approximate surface area is 350 Å². The Kier molecular flexibility index (Phi) is 37.2. The Bertz CT molecular complexity index is 1160. The van der Waals surface area contributed by atoms with Crippen LogP contribution in [0.4, 0.5) is 0 Å². The summed E-state index contributed by atoms with van der Waals surface area (Å²) in [5.41, 5.74) is 0. The normalized spacial score (nSPS) is 12.0. The molecule has 0 aromatic carbocycles. The van der Waals surface area contributed by atoms with Crippen LogP contribution in [0, 0.1) is 0 Å². The molecular formula is C41H75N5O13. The zero-order chi connectivity index (χ0) is 43.8. The van der Waals surface area contributed by atoms with Crippen LogP contribution in [0.1, 0.15) is 129 Å². The molecule has 0 aliphatic carbocycles. The van der Waals surface area contributed by atoms with Gasteiger partial charge in [0.2, 0.25) is 23.6 Å². The summed E-state index contributed by atoms with van der Waals surface area (Å²) in [5.74, 6) is -3.05. The Hall–Kier alpha value is -3.71. The first-order valence-corrected chi connectivity index (χ1v) is 21.5. The van der Waals surface area contributed by atoms with Gasteiger partial charge in [-0.3, -0.25) is 28.8 Å². The van der Waals surface area contributed by atoms with Gasteiger partial charge < -0.3 is 55.7 Å². The van der Waals surface area contributed by atoms with Gasteiger partial charge in [0.1, 0.15) is 25.0 Å². The lowest BCUT2D eigenvalue weighted by molar-refractivity contribution is -0.142. The summed E-state index contributed by atoms with van der Waals surface area (Å²) in [6.07, 6.45) is 15.0. The topological polar surface area (TPSA) is 257 Å². The van der Waals surface area contributed by atoms with E-state index in [9.17, 15) is 38.7 Å². The highest BCUT2D eigenvalue weighted by Gasteiger charge is 2.21. The maximum Gasteiger partial charge on any atom is 0.326 e. The fraction of sp³-hybridized carbons (Fsp3) is 0.829. The number of nitrogens with one attached hydrogen (secondary N) is 5. The summed E-state index contributed by atoms with van der Waals surface area (Å²) in [6, 6.07) is -1.30. The second-order valence-electron chi connectivity index (χ2n) is 14.5. The molecule has 0 heterocycles. The van der Waals surface area contributed by atoms with Crippen LogP contribution in [-0.4, -0.2) is 143 Å². The van der Waals surface area contributed by atoms with Gasteiger partial charge in [-0.2, -0.15) is 0 Å². The summed E-state index contributed by atoms with van der Waals surface area (Å²) in [4.78, 5) is 81.7. The van der Waals surface area contributed by atoms with Gasteiger partial charge in [-0.25, -0.2) is 4.79 Å². The van der Waals surface area contributed by atoms with Crippen molar-refractivity contribution in [1.29, 1.82) is 0 Å². The van der Waals surface area contributed by atoms with Crippen LogP contribution in [0.5, 0.6) is 0 Å². The van der Waals surface area contributed by atoms with Crippen LogP contribution >= 0.6 is 0 Å². The van der Waals surface area contributed by atoms with Crippen molar-refractivity contribution < 1.29 is 62.7 Å². The number of carboxylic acids is 2. The van der Waals surface area contributed by atoms with E-state index >= 15 is 0 Å². The largest absolute Gasteiger partial charge is 0.481 e. The number of amides is 4. The highest BCUT2D eigenvalue weighted by atomic mass is 16.5. The number of likely N-dealkylation sites (N-methyl/N-ethyl adjacent to an activating group) is 1. The van der Waals surface area contributed by atoms with E-state index in [-0.39, 0.29) is 127 Å². The number of ketones is 1. The van der Waals surface area contributed by atoms with Crippen molar-refractivity contribution in [2.75, 3.05) is 79.5 Å². The zero-order valence-electron chi connectivity index (χ0n) is 35.8. The van der Waals surface area contributed by atoms with E-state index in [2.05, 4.69) is 26.6 Å². The van der Waals surface area contributed by atoms with Gasteiger partial charge in [-0.05, 0) is 52.5 Å².